The van der Waals surface area contributed by atoms with E-state index in [0.717, 1.165) is 11.4 Å². The van der Waals surface area contributed by atoms with Gasteiger partial charge in [-0.1, -0.05) is 12.1 Å². The second-order valence-corrected chi connectivity index (χ2v) is 7.11. The van der Waals surface area contributed by atoms with E-state index in [1.54, 1.807) is 12.1 Å². The molecule has 29 heavy (non-hydrogen) atoms. The highest BCUT2D eigenvalue weighted by Gasteiger charge is 2.16. The summed E-state index contributed by atoms with van der Waals surface area (Å²) in [5, 5.41) is 31.3. The van der Waals surface area contributed by atoms with Gasteiger partial charge in [0.05, 0.1) is 29.3 Å². The zero-order valence-corrected chi connectivity index (χ0v) is 16.2. The van der Waals surface area contributed by atoms with Crippen LogP contribution >= 0.6 is 0 Å². The number of hydrogen-bond donors (Lipinski definition) is 4. The van der Waals surface area contributed by atoms with E-state index < -0.39 is 12.3 Å². The van der Waals surface area contributed by atoms with E-state index in [1.165, 1.54) is 0 Å². The number of nitrogens with zero attached hydrogens (tertiary/aromatic N) is 4. The summed E-state index contributed by atoms with van der Waals surface area (Å²) < 4.78 is 0. The van der Waals surface area contributed by atoms with E-state index in [9.17, 15) is 20.1 Å². The molecule has 1 aliphatic rings. The molecule has 2 bridgehead atoms. The lowest BCUT2D eigenvalue weighted by Crippen LogP contribution is -2.41. The molecule has 0 saturated heterocycles. The fourth-order valence-electron chi connectivity index (χ4n) is 3.32. The van der Waals surface area contributed by atoms with E-state index in [1.807, 2.05) is 29.2 Å². The topological polar surface area (TPSA) is 122 Å². The fraction of sp³-hybridized carbons (Fsp3) is 0.450. The van der Waals surface area contributed by atoms with Crippen LogP contribution in [0.1, 0.15) is 29.1 Å². The first-order chi connectivity index (χ1) is 14.0. The monoisotopic (exact) mass is 401 g/mol. The SMILES string of the molecule is O=C(O)CN1CCNCc2cccc(n2)CN(Cc2cccc(C(O)O)n2)CC1. The van der Waals surface area contributed by atoms with Crippen LogP contribution in [0.5, 0.6) is 0 Å². The van der Waals surface area contributed by atoms with Gasteiger partial charge >= 0.3 is 5.97 Å². The van der Waals surface area contributed by atoms with Crippen LogP contribution in [-0.2, 0) is 24.4 Å². The van der Waals surface area contributed by atoms with Crippen molar-refractivity contribution in [3.05, 3.63) is 59.2 Å². The largest absolute Gasteiger partial charge is 0.480 e. The van der Waals surface area contributed by atoms with Gasteiger partial charge in [0.1, 0.15) is 0 Å². The van der Waals surface area contributed by atoms with Crippen molar-refractivity contribution in [1.82, 2.24) is 25.1 Å². The van der Waals surface area contributed by atoms with Crippen LogP contribution in [0.4, 0.5) is 0 Å². The Balaban J connectivity index is 1.79. The summed E-state index contributed by atoms with van der Waals surface area (Å²) in [6, 6.07) is 11.1. The maximum absolute atomic E-state index is 11.2. The van der Waals surface area contributed by atoms with Crippen LogP contribution in [0.2, 0.25) is 0 Å². The normalized spacial score (nSPS) is 16.9. The standard InChI is InChI=1S/C20H27N5O4/c26-19(27)14-24-8-7-21-11-15-3-1-4-16(22-15)12-25(10-9-24)13-17-5-2-6-18(23-17)20(28)29/h1-6,20-21,28-29H,7-14H2,(H,26,27). The summed E-state index contributed by atoms with van der Waals surface area (Å²) >= 11 is 0. The molecule has 156 valence electrons. The zero-order valence-electron chi connectivity index (χ0n) is 16.2. The van der Waals surface area contributed by atoms with Crippen LogP contribution in [0.15, 0.2) is 36.4 Å². The van der Waals surface area contributed by atoms with Gasteiger partial charge in [-0.05, 0) is 24.3 Å². The van der Waals surface area contributed by atoms with E-state index >= 15 is 0 Å². The Bertz CT molecular complexity index is 817. The van der Waals surface area contributed by atoms with Crippen molar-refractivity contribution in [3.63, 3.8) is 0 Å². The van der Waals surface area contributed by atoms with Crippen LogP contribution in [0.25, 0.3) is 0 Å². The number of rotatable bonds is 5. The third-order valence-corrected chi connectivity index (χ3v) is 4.73. The predicted molar refractivity (Wildman–Crippen MR) is 106 cm³/mol. The molecule has 9 heteroatoms. The highest BCUT2D eigenvalue weighted by molar-refractivity contribution is 5.69. The number of fused-ring (bicyclic) bond motifs is 2. The van der Waals surface area contributed by atoms with Crippen LogP contribution < -0.4 is 5.32 Å². The molecule has 0 fully saturated rings. The van der Waals surface area contributed by atoms with Crippen LogP contribution in [-0.4, -0.2) is 73.8 Å². The number of carboxylic acid groups (broad SMARTS) is 1. The van der Waals surface area contributed by atoms with Gasteiger partial charge in [-0.3, -0.25) is 24.6 Å². The molecule has 0 amide bonds. The molecule has 9 nitrogen and oxygen atoms in total. The molecule has 2 aromatic rings. The average molecular weight is 401 g/mol. The minimum absolute atomic E-state index is 0.0104. The predicted octanol–water partition coefficient (Wildman–Crippen LogP) is -0.0482. The minimum atomic E-state index is -1.61. The summed E-state index contributed by atoms with van der Waals surface area (Å²) in [6.45, 7) is 4.23. The molecule has 0 aliphatic carbocycles. The van der Waals surface area contributed by atoms with E-state index in [-0.39, 0.29) is 12.2 Å². The zero-order chi connectivity index (χ0) is 20.6. The number of hydrogen-bond acceptors (Lipinski definition) is 8. The maximum Gasteiger partial charge on any atom is 0.317 e. The molecule has 0 saturated carbocycles. The summed E-state index contributed by atoms with van der Waals surface area (Å²) in [7, 11) is 0. The second kappa shape index (κ2) is 10.4. The van der Waals surface area contributed by atoms with Crippen molar-refractivity contribution in [3.8, 4) is 0 Å². The number of aliphatic hydroxyl groups is 2. The Morgan fingerprint density at radius 3 is 2.59 bits per heavy atom. The van der Waals surface area contributed by atoms with Gasteiger partial charge in [0, 0.05) is 45.8 Å². The third-order valence-electron chi connectivity index (χ3n) is 4.73. The molecule has 3 heterocycles. The summed E-state index contributed by atoms with van der Waals surface area (Å²) in [6.07, 6.45) is -1.61. The lowest BCUT2D eigenvalue weighted by Gasteiger charge is -2.27. The lowest BCUT2D eigenvalue weighted by molar-refractivity contribution is -0.138. The molecule has 0 aromatic carbocycles. The number of pyridine rings is 2. The first kappa shape index (κ1) is 21.3. The van der Waals surface area contributed by atoms with Gasteiger partial charge in [-0.2, -0.15) is 0 Å². The van der Waals surface area contributed by atoms with Crippen molar-refractivity contribution < 1.29 is 20.1 Å². The van der Waals surface area contributed by atoms with Crippen LogP contribution in [0.3, 0.4) is 0 Å². The number of carboxylic acids is 1. The van der Waals surface area contributed by atoms with E-state index in [4.69, 9.17) is 4.98 Å². The van der Waals surface area contributed by atoms with Gasteiger partial charge in [0.2, 0.25) is 0 Å². The summed E-state index contributed by atoms with van der Waals surface area (Å²) in [4.78, 5) is 24.3. The number of nitrogens with one attached hydrogen (secondary N) is 1. The first-order valence-electron chi connectivity index (χ1n) is 9.63. The van der Waals surface area contributed by atoms with Crippen molar-refractivity contribution in [2.24, 2.45) is 0 Å². The van der Waals surface area contributed by atoms with Gasteiger partial charge in [-0.25, -0.2) is 0 Å². The van der Waals surface area contributed by atoms with Crippen molar-refractivity contribution in [2.75, 3.05) is 32.7 Å². The molecule has 1 aliphatic heterocycles. The first-order valence-corrected chi connectivity index (χ1v) is 9.63. The Kier molecular flexibility index (Phi) is 7.62. The Morgan fingerprint density at radius 2 is 1.79 bits per heavy atom. The smallest absolute Gasteiger partial charge is 0.317 e. The summed E-state index contributed by atoms with van der Waals surface area (Å²) in [5.41, 5.74) is 2.78. The van der Waals surface area contributed by atoms with Crippen molar-refractivity contribution >= 4 is 5.97 Å². The Hall–Kier alpha value is -2.43. The van der Waals surface area contributed by atoms with Gasteiger partial charge < -0.3 is 20.6 Å². The lowest BCUT2D eigenvalue weighted by atomic mass is 10.2. The van der Waals surface area contributed by atoms with Crippen LogP contribution in [0, 0.1) is 0 Å². The number of aliphatic hydroxyl groups excluding tert-OH is 1. The molecule has 4 N–H and O–H groups in total. The quantitative estimate of drug-likeness (QED) is 0.511. The minimum Gasteiger partial charge on any atom is -0.480 e. The maximum atomic E-state index is 11.2. The third kappa shape index (κ3) is 6.84. The fourth-order valence-corrected chi connectivity index (χ4v) is 3.32. The Morgan fingerprint density at radius 1 is 1.03 bits per heavy atom. The molecule has 0 radical (unpaired) electrons. The number of aromatic nitrogens is 2. The molecular weight excluding hydrogens is 374 g/mol. The molecule has 0 spiro atoms. The van der Waals surface area contributed by atoms with Gasteiger partial charge in [0.15, 0.2) is 6.29 Å². The Labute approximate surface area is 169 Å². The second-order valence-electron chi connectivity index (χ2n) is 7.11. The highest BCUT2D eigenvalue weighted by Crippen LogP contribution is 2.12. The van der Waals surface area contributed by atoms with Gasteiger partial charge in [0.25, 0.3) is 0 Å². The number of aliphatic carboxylic acids is 1. The number of carbonyl (C=O) groups is 1. The highest BCUT2D eigenvalue weighted by atomic mass is 16.5. The van der Waals surface area contributed by atoms with E-state index in [2.05, 4.69) is 15.2 Å². The van der Waals surface area contributed by atoms with Crippen molar-refractivity contribution in [1.29, 1.82) is 0 Å². The molecular formula is C20H27N5O4. The van der Waals surface area contributed by atoms with E-state index in [0.29, 0.717) is 51.5 Å². The average Bonchev–Trinajstić information content (AvgIpc) is 2.68. The van der Waals surface area contributed by atoms with Crippen molar-refractivity contribution in [2.45, 2.75) is 25.9 Å². The molecule has 2 aromatic heterocycles. The summed E-state index contributed by atoms with van der Waals surface area (Å²) in [5.74, 6) is -0.846. The molecule has 0 unspecified atom stereocenters. The molecule has 3 rings (SSSR count). The van der Waals surface area contributed by atoms with Gasteiger partial charge in [-0.15, -0.1) is 0 Å². The molecule has 0 atom stereocenters.